The summed E-state index contributed by atoms with van der Waals surface area (Å²) in [7, 11) is 1.71. The molecule has 0 aliphatic rings. The predicted octanol–water partition coefficient (Wildman–Crippen LogP) is 0.170. The second-order valence-electron chi connectivity index (χ2n) is 2.32. The number of alkyl halides is 2. The van der Waals surface area contributed by atoms with Crippen molar-refractivity contribution in [3.8, 4) is 0 Å². The van der Waals surface area contributed by atoms with Crippen molar-refractivity contribution in [2.75, 3.05) is 6.54 Å². The fraction of sp³-hybridized carbons (Fsp3) is 0.667. The zero-order valence-electron chi connectivity index (χ0n) is 6.67. The monoisotopic (exact) mass is 176 g/mol. The maximum atomic E-state index is 11.7. The zero-order chi connectivity index (χ0) is 8.97. The third kappa shape index (κ3) is 2.54. The quantitative estimate of drug-likeness (QED) is 0.711. The van der Waals surface area contributed by atoms with Crippen LogP contribution in [-0.2, 0) is 13.6 Å². The maximum Gasteiger partial charge on any atom is 0.250 e. The highest BCUT2D eigenvalue weighted by atomic mass is 19.3. The van der Waals surface area contributed by atoms with Crippen LogP contribution in [0.2, 0.25) is 0 Å². The van der Waals surface area contributed by atoms with Crippen molar-refractivity contribution in [2.45, 2.75) is 13.0 Å². The van der Waals surface area contributed by atoms with Gasteiger partial charge in [0.1, 0.15) is 12.2 Å². The van der Waals surface area contributed by atoms with Crippen molar-refractivity contribution in [1.29, 1.82) is 0 Å². The van der Waals surface area contributed by atoms with Gasteiger partial charge in [0.05, 0.1) is 13.1 Å². The van der Waals surface area contributed by atoms with Gasteiger partial charge >= 0.3 is 0 Å². The summed E-state index contributed by atoms with van der Waals surface area (Å²) < 4.78 is 24.9. The Morgan fingerprint density at radius 3 is 2.92 bits per heavy atom. The molecule has 0 aromatic carbocycles. The Morgan fingerprint density at radius 2 is 2.42 bits per heavy atom. The fourth-order valence-electron chi connectivity index (χ4n) is 0.773. The Labute approximate surface area is 68.6 Å². The van der Waals surface area contributed by atoms with Crippen LogP contribution >= 0.6 is 0 Å². The first-order chi connectivity index (χ1) is 5.70. The van der Waals surface area contributed by atoms with Gasteiger partial charge in [-0.15, -0.1) is 0 Å². The van der Waals surface area contributed by atoms with Crippen LogP contribution in [0.3, 0.4) is 0 Å². The van der Waals surface area contributed by atoms with Crippen LogP contribution < -0.4 is 5.32 Å². The van der Waals surface area contributed by atoms with Gasteiger partial charge in [-0.25, -0.2) is 13.8 Å². The first-order valence-electron chi connectivity index (χ1n) is 3.52. The number of aromatic nitrogens is 3. The predicted molar refractivity (Wildman–Crippen MR) is 38.7 cm³/mol. The Balaban J connectivity index is 2.29. The van der Waals surface area contributed by atoms with Gasteiger partial charge in [0.25, 0.3) is 6.43 Å². The Bertz CT molecular complexity index is 235. The summed E-state index contributed by atoms with van der Waals surface area (Å²) in [6.07, 6.45) is -0.933. The molecule has 0 spiro atoms. The molecule has 6 heteroatoms. The molecule has 1 N–H and O–H groups in total. The van der Waals surface area contributed by atoms with Gasteiger partial charge in [0, 0.05) is 7.05 Å². The van der Waals surface area contributed by atoms with Crippen LogP contribution in [0.25, 0.3) is 0 Å². The molecule has 68 valence electrons. The first-order valence-corrected chi connectivity index (χ1v) is 3.52. The molecule has 0 saturated heterocycles. The zero-order valence-corrected chi connectivity index (χ0v) is 6.67. The summed E-state index contributed by atoms with van der Waals surface area (Å²) >= 11 is 0. The van der Waals surface area contributed by atoms with E-state index in [2.05, 4.69) is 15.4 Å². The van der Waals surface area contributed by atoms with E-state index in [0.29, 0.717) is 12.4 Å². The number of rotatable bonds is 4. The molecule has 0 saturated carbocycles. The minimum atomic E-state index is -2.32. The molecule has 1 rings (SSSR count). The number of halogens is 2. The molecule has 1 aromatic rings. The van der Waals surface area contributed by atoms with E-state index in [1.807, 2.05) is 0 Å². The minimum absolute atomic E-state index is 0.313. The third-order valence-corrected chi connectivity index (χ3v) is 1.39. The van der Waals surface area contributed by atoms with Gasteiger partial charge in [-0.1, -0.05) is 0 Å². The van der Waals surface area contributed by atoms with Crippen LogP contribution in [0, 0.1) is 0 Å². The number of aryl methyl sites for hydroxylation is 1. The van der Waals surface area contributed by atoms with Crippen LogP contribution in [0.1, 0.15) is 5.82 Å². The highest BCUT2D eigenvalue weighted by Crippen LogP contribution is 1.92. The topological polar surface area (TPSA) is 42.7 Å². The lowest BCUT2D eigenvalue weighted by Crippen LogP contribution is -2.22. The summed E-state index contributed by atoms with van der Waals surface area (Å²) in [6.45, 7) is 0.00764. The van der Waals surface area contributed by atoms with Crippen molar-refractivity contribution in [1.82, 2.24) is 20.1 Å². The SMILES string of the molecule is Cn1ncnc1CNCC(F)F. The molecule has 0 atom stereocenters. The van der Waals surface area contributed by atoms with Crippen LogP contribution in [0.4, 0.5) is 8.78 Å². The van der Waals surface area contributed by atoms with Crippen molar-refractivity contribution >= 4 is 0 Å². The number of nitrogens with zero attached hydrogens (tertiary/aromatic N) is 3. The molecule has 0 aliphatic carbocycles. The van der Waals surface area contributed by atoms with Gasteiger partial charge in [-0.2, -0.15) is 5.10 Å². The van der Waals surface area contributed by atoms with Crippen molar-refractivity contribution in [3.63, 3.8) is 0 Å². The van der Waals surface area contributed by atoms with Gasteiger partial charge in [0.2, 0.25) is 0 Å². The van der Waals surface area contributed by atoms with Crippen molar-refractivity contribution < 1.29 is 8.78 Å². The Hall–Kier alpha value is -1.04. The van der Waals surface area contributed by atoms with E-state index in [1.165, 1.54) is 6.33 Å². The van der Waals surface area contributed by atoms with Gasteiger partial charge in [0.15, 0.2) is 0 Å². The van der Waals surface area contributed by atoms with E-state index in [4.69, 9.17) is 0 Å². The molecular formula is C6H10F2N4. The van der Waals surface area contributed by atoms with Crippen molar-refractivity contribution in [3.05, 3.63) is 12.2 Å². The molecule has 0 unspecified atom stereocenters. The molecule has 1 aromatic heterocycles. The first kappa shape index (κ1) is 9.05. The Kier molecular flexibility index (Phi) is 3.09. The van der Waals surface area contributed by atoms with Gasteiger partial charge in [-0.05, 0) is 0 Å². The smallest absolute Gasteiger partial charge is 0.250 e. The third-order valence-electron chi connectivity index (χ3n) is 1.39. The lowest BCUT2D eigenvalue weighted by Gasteiger charge is -2.02. The number of nitrogens with one attached hydrogen (secondary N) is 1. The summed E-state index contributed by atoms with van der Waals surface area (Å²) in [6, 6.07) is 0. The minimum Gasteiger partial charge on any atom is -0.304 e. The van der Waals surface area contributed by atoms with E-state index in [1.54, 1.807) is 11.7 Å². The van der Waals surface area contributed by atoms with Crippen LogP contribution in [-0.4, -0.2) is 27.7 Å². The highest BCUT2D eigenvalue weighted by Gasteiger charge is 2.03. The summed E-state index contributed by atoms with van der Waals surface area (Å²) in [5, 5.41) is 6.35. The number of hydrogen-bond donors (Lipinski definition) is 1. The van der Waals surface area contributed by atoms with E-state index in [-0.39, 0.29) is 6.54 Å². The van der Waals surface area contributed by atoms with E-state index < -0.39 is 6.43 Å². The molecule has 0 fully saturated rings. The van der Waals surface area contributed by atoms with E-state index in [0.717, 1.165) is 0 Å². The summed E-state index contributed by atoms with van der Waals surface area (Å²) in [4.78, 5) is 3.86. The van der Waals surface area contributed by atoms with E-state index in [9.17, 15) is 8.78 Å². The molecule has 12 heavy (non-hydrogen) atoms. The van der Waals surface area contributed by atoms with Crippen LogP contribution in [0.15, 0.2) is 6.33 Å². The molecular weight excluding hydrogens is 166 g/mol. The molecule has 0 bridgehead atoms. The average Bonchev–Trinajstić information content (AvgIpc) is 2.36. The van der Waals surface area contributed by atoms with Gasteiger partial charge < -0.3 is 5.32 Å². The second-order valence-corrected chi connectivity index (χ2v) is 2.32. The summed E-state index contributed by atoms with van der Waals surface area (Å²) in [5.74, 6) is 0.649. The average molecular weight is 176 g/mol. The normalized spacial score (nSPS) is 11.0. The molecule has 0 radical (unpaired) electrons. The molecule has 0 aliphatic heterocycles. The largest absolute Gasteiger partial charge is 0.304 e. The molecule has 1 heterocycles. The fourth-order valence-corrected chi connectivity index (χ4v) is 0.773. The molecule has 4 nitrogen and oxygen atoms in total. The van der Waals surface area contributed by atoms with Crippen molar-refractivity contribution in [2.24, 2.45) is 7.05 Å². The number of hydrogen-bond acceptors (Lipinski definition) is 3. The maximum absolute atomic E-state index is 11.7. The summed E-state index contributed by atoms with van der Waals surface area (Å²) in [5.41, 5.74) is 0. The van der Waals surface area contributed by atoms with E-state index >= 15 is 0 Å². The van der Waals surface area contributed by atoms with Gasteiger partial charge in [-0.3, -0.25) is 4.68 Å². The Morgan fingerprint density at radius 1 is 1.67 bits per heavy atom. The second kappa shape index (κ2) is 4.10. The highest BCUT2D eigenvalue weighted by molar-refractivity contribution is 4.81. The van der Waals surface area contributed by atoms with Crippen LogP contribution in [0.5, 0.6) is 0 Å². The molecule has 0 amide bonds. The lowest BCUT2D eigenvalue weighted by molar-refractivity contribution is 0.145. The lowest BCUT2D eigenvalue weighted by atomic mass is 10.5. The standard InChI is InChI=1S/C6H10F2N4/c1-12-6(10-4-11-12)3-9-2-5(7)8/h4-5,9H,2-3H2,1H3.